The van der Waals surface area contributed by atoms with E-state index in [4.69, 9.17) is 0 Å². The average Bonchev–Trinajstić information content (AvgIpc) is 2.38. The van der Waals surface area contributed by atoms with Gasteiger partial charge in [-0.25, -0.2) is 0 Å². The second-order valence-corrected chi connectivity index (χ2v) is 6.81. The van der Waals surface area contributed by atoms with Crippen LogP contribution in [0.25, 0.3) is 0 Å². The molecule has 2 rings (SSSR count). The first-order valence-corrected chi connectivity index (χ1v) is 8.69. The molecule has 2 saturated carbocycles. The zero-order chi connectivity index (χ0) is 13.7. The Morgan fingerprint density at radius 1 is 1.05 bits per heavy atom. The molecular weight excluding hydrogens is 232 g/mol. The highest BCUT2D eigenvalue weighted by Crippen LogP contribution is 2.33. The Hall–Kier alpha value is -0.0800. The van der Waals surface area contributed by atoms with Crippen LogP contribution in [0.4, 0.5) is 0 Å². The van der Waals surface area contributed by atoms with Gasteiger partial charge in [0.05, 0.1) is 0 Å². The Morgan fingerprint density at radius 2 is 1.84 bits per heavy atom. The van der Waals surface area contributed by atoms with E-state index in [2.05, 4.69) is 31.1 Å². The van der Waals surface area contributed by atoms with Crippen LogP contribution in [0.3, 0.4) is 0 Å². The SMILES string of the molecule is CCCC1CCC(NC)C(N(CC)CC2CCC2)C1. The second kappa shape index (κ2) is 7.64. The fourth-order valence-corrected chi connectivity index (χ4v) is 4.15. The van der Waals surface area contributed by atoms with E-state index in [1.807, 2.05) is 0 Å². The molecule has 2 aliphatic carbocycles. The highest BCUT2D eigenvalue weighted by molar-refractivity contribution is 4.91. The molecule has 0 spiro atoms. The van der Waals surface area contributed by atoms with Crippen molar-refractivity contribution >= 4 is 0 Å². The summed E-state index contributed by atoms with van der Waals surface area (Å²) in [5.74, 6) is 1.99. The van der Waals surface area contributed by atoms with Crippen molar-refractivity contribution in [3.63, 3.8) is 0 Å². The van der Waals surface area contributed by atoms with Crippen molar-refractivity contribution < 1.29 is 0 Å². The molecule has 0 bridgehead atoms. The van der Waals surface area contributed by atoms with Crippen molar-refractivity contribution in [1.29, 1.82) is 0 Å². The molecule has 0 aliphatic heterocycles. The number of likely N-dealkylation sites (N-methyl/N-ethyl adjacent to an activating group) is 2. The standard InChI is InChI=1S/C17H34N2/c1-4-7-14-10-11-16(18-3)17(12-14)19(5-2)13-15-8-6-9-15/h14-18H,4-13H2,1-3H3. The lowest BCUT2D eigenvalue weighted by atomic mass is 9.78. The molecule has 0 aromatic carbocycles. The average molecular weight is 266 g/mol. The number of nitrogens with one attached hydrogen (secondary N) is 1. The zero-order valence-corrected chi connectivity index (χ0v) is 13.3. The Morgan fingerprint density at radius 3 is 2.37 bits per heavy atom. The molecular formula is C17H34N2. The summed E-state index contributed by atoms with van der Waals surface area (Å²) in [5, 5.41) is 3.60. The van der Waals surface area contributed by atoms with Gasteiger partial charge in [-0.05, 0) is 57.5 Å². The maximum absolute atomic E-state index is 3.60. The molecule has 2 fully saturated rings. The van der Waals surface area contributed by atoms with Crippen molar-refractivity contribution in [3.8, 4) is 0 Å². The Labute approximate surface area is 120 Å². The van der Waals surface area contributed by atoms with Crippen molar-refractivity contribution in [1.82, 2.24) is 10.2 Å². The van der Waals surface area contributed by atoms with Crippen LogP contribution in [0.15, 0.2) is 0 Å². The summed E-state index contributed by atoms with van der Waals surface area (Å²) in [7, 11) is 2.16. The third kappa shape index (κ3) is 3.95. The third-order valence-corrected chi connectivity index (χ3v) is 5.59. The van der Waals surface area contributed by atoms with E-state index >= 15 is 0 Å². The highest BCUT2D eigenvalue weighted by atomic mass is 15.2. The van der Waals surface area contributed by atoms with Gasteiger partial charge >= 0.3 is 0 Å². The summed E-state index contributed by atoms with van der Waals surface area (Å²) in [6, 6.07) is 1.52. The van der Waals surface area contributed by atoms with E-state index in [0.717, 1.165) is 23.9 Å². The van der Waals surface area contributed by atoms with Gasteiger partial charge in [-0.2, -0.15) is 0 Å². The minimum Gasteiger partial charge on any atom is -0.315 e. The van der Waals surface area contributed by atoms with Gasteiger partial charge in [-0.3, -0.25) is 4.90 Å². The molecule has 0 saturated heterocycles. The largest absolute Gasteiger partial charge is 0.315 e. The zero-order valence-electron chi connectivity index (χ0n) is 13.3. The quantitative estimate of drug-likeness (QED) is 0.756. The van der Waals surface area contributed by atoms with Crippen LogP contribution >= 0.6 is 0 Å². The first-order chi connectivity index (χ1) is 9.28. The van der Waals surface area contributed by atoms with Gasteiger partial charge in [0.25, 0.3) is 0 Å². The van der Waals surface area contributed by atoms with E-state index in [-0.39, 0.29) is 0 Å². The molecule has 2 heteroatoms. The predicted molar refractivity (Wildman–Crippen MR) is 83.5 cm³/mol. The van der Waals surface area contributed by atoms with Gasteiger partial charge in [0.15, 0.2) is 0 Å². The minimum atomic E-state index is 0.730. The van der Waals surface area contributed by atoms with Crippen molar-refractivity contribution in [2.24, 2.45) is 11.8 Å². The Kier molecular flexibility index (Phi) is 6.15. The van der Waals surface area contributed by atoms with Crippen molar-refractivity contribution in [2.45, 2.75) is 77.3 Å². The van der Waals surface area contributed by atoms with Gasteiger partial charge in [0, 0.05) is 18.6 Å². The number of rotatable bonds is 7. The molecule has 3 atom stereocenters. The van der Waals surface area contributed by atoms with Crippen molar-refractivity contribution in [3.05, 3.63) is 0 Å². The minimum absolute atomic E-state index is 0.730. The van der Waals surface area contributed by atoms with Gasteiger partial charge in [0.1, 0.15) is 0 Å². The lowest BCUT2D eigenvalue weighted by Gasteiger charge is -2.44. The maximum Gasteiger partial charge on any atom is 0.0251 e. The normalized spacial score (nSPS) is 32.5. The van der Waals surface area contributed by atoms with Crippen LogP contribution in [-0.2, 0) is 0 Å². The summed E-state index contributed by atoms with van der Waals surface area (Å²) >= 11 is 0. The smallest absolute Gasteiger partial charge is 0.0251 e. The Balaban J connectivity index is 1.93. The molecule has 1 N–H and O–H groups in total. The summed E-state index contributed by atoms with van der Waals surface area (Å²) in [6.45, 7) is 7.29. The van der Waals surface area contributed by atoms with Gasteiger partial charge in [-0.15, -0.1) is 0 Å². The monoisotopic (exact) mass is 266 g/mol. The summed E-state index contributed by atoms with van der Waals surface area (Å²) in [4.78, 5) is 2.80. The summed E-state index contributed by atoms with van der Waals surface area (Å²) in [6.07, 6.45) is 11.5. The molecule has 0 aromatic rings. The third-order valence-electron chi connectivity index (χ3n) is 5.59. The van der Waals surface area contributed by atoms with Crippen LogP contribution in [0.5, 0.6) is 0 Å². The van der Waals surface area contributed by atoms with Crippen LogP contribution in [0.2, 0.25) is 0 Å². The lowest BCUT2D eigenvalue weighted by Crippen LogP contribution is -2.53. The molecule has 0 heterocycles. The van der Waals surface area contributed by atoms with E-state index in [0.29, 0.717) is 0 Å². The van der Waals surface area contributed by atoms with Gasteiger partial charge in [-0.1, -0.05) is 33.1 Å². The first kappa shape index (κ1) is 15.3. The second-order valence-electron chi connectivity index (χ2n) is 6.81. The van der Waals surface area contributed by atoms with Crippen LogP contribution in [-0.4, -0.2) is 37.1 Å². The van der Waals surface area contributed by atoms with Crippen LogP contribution < -0.4 is 5.32 Å². The topological polar surface area (TPSA) is 15.3 Å². The van der Waals surface area contributed by atoms with Gasteiger partial charge < -0.3 is 5.32 Å². The molecule has 2 aliphatic rings. The number of hydrogen-bond donors (Lipinski definition) is 1. The van der Waals surface area contributed by atoms with Gasteiger partial charge in [0.2, 0.25) is 0 Å². The van der Waals surface area contributed by atoms with Crippen LogP contribution in [0.1, 0.15) is 65.2 Å². The van der Waals surface area contributed by atoms with Crippen LogP contribution in [0, 0.1) is 11.8 Å². The predicted octanol–water partition coefficient (Wildman–Crippen LogP) is 3.67. The molecule has 112 valence electrons. The van der Waals surface area contributed by atoms with E-state index in [9.17, 15) is 0 Å². The van der Waals surface area contributed by atoms with E-state index in [1.165, 1.54) is 64.5 Å². The number of nitrogens with zero attached hydrogens (tertiary/aromatic N) is 1. The van der Waals surface area contributed by atoms with Crippen molar-refractivity contribution in [2.75, 3.05) is 20.1 Å². The first-order valence-electron chi connectivity index (χ1n) is 8.69. The fourth-order valence-electron chi connectivity index (χ4n) is 4.15. The van der Waals surface area contributed by atoms with E-state index in [1.54, 1.807) is 0 Å². The molecule has 3 unspecified atom stereocenters. The molecule has 2 nitrogen and oxygen atoms in total. The molecule has 19 heavy (non-hydrogen) atoms. The molecule has 0 radical (unpaired) electrons. The van der Waals surface area contributed by atoms with E-state index < -0.39 is 0 Å². The fraction of sp³-hybridized carbons (Fsp3) is 1.00. The maximum atomic E-state index is 3.60. The lowest BCUT2D eigenvalue weighted by molar-refractivity contribution is 0.0722. The number of hydrogen-bond acceptors (Lipinski definition) is 2. The summed E-state index contributed by atoms with van der Waals surface area (Å²) < 4.78 is 0. The molecule has 0 amide bonds. The summed E-state index contributed by atoms with van der Waals surface area (Å²) in [5.41, 5.74) is 0. The highest BCUT2D eigenvalue weighted by Gasteiger charge is 2.34. The molecule has 0 aromatic heterocycles. The Bertz CT molecular complexity index is 250.